The molecule has 0 aromatic carbocycles. The number of aromatic nitrogens is 2. The molecule has 1 aromatic heterocycles. The maximum atomic E-state index is 11.9. The van der Waals surface area contributed by atoms with E-state index in [-0.39, 0.29) is 30.3 Å². The van der Waals surface area contributed by atoms with Crippen molar-refractivity contribution in [2.45, 2.75) is 32.2 Å². The van der Waals surface area contributed by atoms with Crippen molar-refractivity contribution < 1.29 is 8.42 Å². The number of hydrogen-bond acceptors (Lipinski definition) is 5. The minimum atomic E-state index is -3.37. The molecular weight excluding hydrogens is 308 g/mol. The molecule has 9 heteroatoms. The molecule has 0 amide bonds. The highest BCUT2D eigenvalue weighted by Crippen LogP contribution is 2.25. The summed E-state index contributed by atoms with van der Waals surface area (Å²) in [5, 5.41) is 8.75. The van der Waals surface area contributed by atoms with Crippen molar-refractivity contribution in [1.82, 2.24) is 14.3 Å². The minimum Gasteiger partial charge on any atom is -0.298 e. The standard InChI is InChI=1S/C13H18N4O4S/c14-7-11-8-17(13(19)16-12(11)18)6-5-15-22(20,21)9-10-3-1-2-4-10/h8,10,15H,1-6,9H2,(H,16,18,19). The molecule has 2 rings (SSSR count). The molecule has 0 atom stereocenters. The van der Waals surface area contributed by atoms with Gasteiger partial charge in [-0.1, -0.05) is 12.8 Å². The molecule has 1 fully saturated rings. The van der Waals surface area contributed by atoms with Crippen LogP contribution in [0.1, 0.15) is 31.2 Å². The van der Waals surface area contributed by atoms with Crippen LogP contribution in [-0.2, 0) is 16.6 Å². The Hall–Kier alpha value is -1.92. The van der Waals surface area contributed by atoms with E-state index in [1.807, 2.05) is 4.98 Å². The summed E-state index contributed by atoms with van der Waals surface area (Å²) in [6, 6.07) is 1.68. The van der Waals surface area contributed by atoms with E-state index in [4.69, 9.17) is 5.26 Å². The van der Waals surface area contributed by atoms with Gasteiger partial charge in [-0.05, 0) is 18.8 Å². The van der Waals surface area contributed by atoms with E-state index >= 15 is 0 Å². The van der Waals surface area contributed by atoms with Crippen molar-refractivity contribution in [1.29, 1.82) is 5.26 Å². The van der Waals surface area contributed by atoms with Gasteiger partial charge in [-0.15, -0.1) is 0 Å². The molecular formula is C13H18N4O4S. The fourth-order valence-electron chi connectivity index (χ4n) is 2.62. The molecule has 1 aliphatic rings. The number of nitriles is 1. The smallest absolute Gasteiger partial charge is 0.298 e. The van der Waals surface area contributed by atoms with Gasteiger partial charge >= 0.3 is 5.69 Å². The second-order valence-corrected chi connectivity index (χ2v) is 7.28. The predicted octanol–water partition coefficient (Wildman–Crippen LogP) is -0.482. The molecule has 0 bridgehead atoms. The van der Waals surface area contributed by atoms with Crippen LogP contribution in [0.4, 0.5) is 0 Å². The van der Waals surface area contributed by atoms with Gasteiger partial charge in [0.25, 0.3) is 5.56 Å². The fraction of sp³-hybridized carbons (Fsp3) is 0.615. The monoisotopic (exact) mass is 326 g/mol. The van der Waals surface area contributed by atoms with E-state index in [1.165, 1.54) is 0 Å². The lowest BCUT2D eigenvalue weighted by Gasteiger charge is -2.11. The van der Waals surface area contributed by atoms with Gasteiger partial charge in [0.1, 0.15) is 11.6 Å². The Labute approximate surface area is 127 Å². The molecule has 22 heavy (non-hydrogen) atoms. The highest BCUT2D eigenvalue weighted by Gasteiger charge is 2.22. The lowest BCUT2D eigenvalue weighted by atomic mass is 10.1. The number of hydrogen-bond donors (Lipinski definition) is 2. The topological polar surface area (TPSA) is 125 Å². The molecule has 2 N–H and O–H groups in total. The van der Waals surface area contributed by atoms with Crippen LogP contribution in [0.2, 0.25) is 0 Å². The van der Waals surface area contributed by atoms with Gasteiger partial charge in [0.05, 0.1) is 5.75 Å². The zero-order valence-electron chi connectivity index (χ0n) is 12.0. The molecule has 1 aliphatic carbocycles. The van der Waals surface area contributed by atoms with Crippen LogP contribution in [0.25, 0.3) is 0 Å². The van der Waals surface area contributed by atoms with Gasteiger partial charge in [0, 0.05) is 19.3 Å². The first kappa shape index (κ1) is 16.5. The van der Waals surface area contributed by atoms with Crippen molar-refractivity contribution in [2.75, 3.05) is 12.3 Å². The molecule has 0 saturated heterocycles. The Morgan fingerprint density at radius 1 is 1.36 bits per heavy atom. The summed E-state index contributed by atoms with van der Waals surface area (Å²) in [5.74, 6) is 0.315. The second kappa shape index (κ2) is 6.89. The second-order valence-electron chi connectivity index (χ2n) is 5.43. The Morgan fingerprint density at radius 3 is 2.68 bits per heavy atom. The minimum absolute atomic E-state index is 0.0336. The van der Waals surface area contributed by atoms with E-state index in [1.54, 1.807) is 6.07 Å². The largest absolute Gasteiger partial charge is 0.328 e. The number of nitrogens with one attached hydrogen (secondary N) is 2. The van der Waals surface area contributed by atoms with Gasteiger partial charge in [0.2, 0.25) is 10.0 Å². The third kappa shape index (κ3) is 4.29. The lowest BCUT2D eigenvalue weighted by molar-refractivity contribution is 0.540. The first-order valence-electron chi connectivity index (χ1n) is 7.12. The zero-order chi connectivity index (χ0) is 16.2. The van der Waals surface area contributed by atoms with Crippen LogP contribution < -0.4 is 16.0 Å². The van der Waals surface area contributed by atoms with E-state index in [0.29, 0.717) is 0 Å². The molecule has 1 aromatic rings. The van der Waals surface area contributed by atoms with E-state index < -0.39 is 21.3 Å². The maximum Gasteiger partial charge on any atom is 0.328 e. The van der Waals surface area contributed by atoms with E-state index in [9.17, 15) is 18.0 Å². The Kier molecular flexibility index (Phi) is 5.15. The van der Waals surface area contributed by atoms with Gasteiger partial charge in [-0.2, -0.15) is 5.26 Å². The molecule has 1 heterocycles. The fourth-order valence-corrected chi connectivity index (χ4v) is 4.10. The number of H-pyrrole nitrogens is 1. The first-order valence-corrected chi connectivity index (χ1v) is 8.78. The summed E-state index contributed by atoms with van der Waals surface area (Å²) in [7, 11) is -3.37. The predicted molar refractivity (Wildman–Crippen MR) is 79.8 cm³/mol. The van der Waals surface area contributed by atoms with Crippen LogP contribution in [-0.4, -0.2) is 30.3 Å². The molecule has 0 radical (unpaired) electrons. The van der Waals surface area contributed by atoms with Gasteiger partial charge < -0.3 is 0 Å². The Bertz CT molecular complexity index is 781. The van der Waals surface area contributed by atoms with Crippen molar-refractivity contribution in [2.24, 2.45) is 5.92 Å². The highest BCUT2D eigenvalue weighted by atomic mass is 32.2. The van der Waals surface area contributed by atoms with Gasteiger partial charge in [-0.25, -0.2) is 17.9 Å². The average Bonchev–Trinajstić information content (AvgIpc) is 2.93. The van der Waals surface area contributed by atoms with Crippen LogP contribution in [0.15, 0.2) is 15.8 Å². The summed E-state index contributed by atoms with van der Waals surface area (Å²) >= 11 is 0. The molecule has 1 saturated carbocycles. The lowest BCUT2D eigenvalue weighted by Crippen LogP contribution is -2.36. The van der Waals surface area contributed by atoms with Crippen LogP contribution in [0.5, 0.6) is 0 Å². The Morgan fingerprint density at radius 2 is 2.05 bits per heavy atom. The quantitative estimate of drug-likeness (QED) is 0.730. The van der Waals surface area contributed by atoms with Crippen molar-refractivity contribution in [3.63, 3.8) is 0 Å². The first-order chi connectivity index (χ1) is 10.4. The van der Waals surface area contributed by atoms with E-state index in [2.05, 4.69) is 4.72 Å². The third-order valence-corrected chi connectivity index (χ3v) is 5.29. The Balaban J connectivity index is 1.95. The van der Waals surface area contributed by atoms with Crippen LogP contribution in [0.3, 0.4) is 0 Å². The molecule has 0 spiro atoms. The number of sulfonamides is 1. The van der Waals surface area contributed by atoms with Crippen molar-refractivity contribution in [3.05, 3.63) is 32.6 Å². The molecule has 0 unspecified atom stereocenters. The average molecular weight is 326 g/mol. The molecule has 0 aliphatic heterocycles. The number of rotatable bonds is 6. The van der Waals surface area contributed by atoms with Crippen molar-refractivity contribution in [3.8, 4) is 6.07 Å². The molecule has 120 valence electrons. The van der Waals surface area contributed by atoms with Crippen LogP contribution in [0, 0.1) is 17.2 Å². The summed E-state index contributed by atoms with van der Waals surface area (Å²) in [5.41, 5.74) is -1.60. The number of aromatic amines is 1. The van der Waals surface area contributed by atoms with Gasteiger partial charge in [-0.3, -0.25) is 14.3 Å². The van der Waals surface area contributed by atoms with E-state index in [0.717, 1.165) is 36.4 Å². The third-order valence-electron chi connectivity index (χ3n) is 3.74. The van der Waals surface area contributed by atoms with Crippen molar-refractivity contribution >= 4 is 10.0 Å². The summed E-state index contributed by atoms with van der Waals surface area (Å²) in [6.45, 7) is 0.0834. The summed E-state index contributed by atoms with van der Waals surface area (Å²) in [4.78, 5) is 24.8. The molecule has 8 nitrogen and oxygen atoms in total. The summed E-state index contributed by atoms with van der Waals surface area (Å²) < 4.78 is 27.4. The summed E-state index contributed by atoms with van der Waals surface area (Å²) in [6.07, 6.45) is 5.15. The zero-order valence-corrected chi connectivity index (χ0v) is 12.9. The van der Waals surface area contributed by atoms with Crippen LogP contribution >= 0.6 is 0 Å². The maximum absolute atomic E-state index is 11.9. The van der Waals surface area contributed by atoms with Gasteiger partial charge in [0.15, 0.2) is 0 Å². The SMILES string of the molecule is N#Cc1cn(CCNS(=O)(=O)CC2CCCC2)c(=O)[nH]c1=O. The number of nitrogens with zero attached hydrogens (tertiary/aromatic N) is 2. The normalized spacial score (nSPS) is 15.8. The highest BCUT2D eigenvalue weighted by molar-refractivity contribution is 7.89.